The Kier molecular flexibility index (Phi) is 4.12. The standard InChI is InChI=1S/C20H15N5/c1-2-6-17-15(5-1)16(7-9-19-21-11-3-12-22-19)18(25-17)8-10-20-23-13-4-14-24-20/h1-14,25H/b9-7+,10-8+. The maximum Gasteiger partial charge on any atom is 0.151 e. The molecule has 1 N–H and O–H groups in total. The minimum atomic E-state index is 0.669. The molecule has 3 heterocycles. The summed E-state index contributed by atoms with van der Waals surface area (Å²) in [6.45, 7) is 0. The van der Waals surface area contributed by atoms with E-state index < -0.39 is 0 Å². The van der Waals surface area contributed by atoms with Crippen LogP contribution in [0.1, 0.15) is 22.9 Å². The number of aromatic amines is 1. The van der Waals surface area contributed by atoms with E-state index in [4.69, 9.17) is 0 Å². The van der Waals surface area contributed by atoms with E-state index in [1.807, 2.05) is 36.4 Å². The molecule has 4 rings (SSSR count). The molecule has 0 spiro atoms. The van der Waals surface area contributed by atoms with E-state index in [1.165, 1.54) is 0 Å². The van der Waals surface area contributed by atoms with E-state index in [0.717, 1.165) is 22.2 Å². The van der Waals surface area contributed by atoms with Gasteiger partial charge < -0.3 is 4.98 Å². The number of aromatic nitrogens is 5. The molecule has 0 saturated heterocycles. The Morgan fingerprint density at radius 2 is 1.24 bits per heavy atom. The van der Waals surface area contributed by atoms with Crippen LogP contribution < -0.4 is 0 Å². The topological polar surface area (TPSA) is 67.3 Å². The van der Waals surface area contributed by atoms with Crippen LogP contribution in [0, 0.1) is 0 Å². The molecule has 0 fully saturated rings. The second-order valence-electron chi connectivity index (χ2n) is 5.38. The highest BCUT2D eigenvalue weighted by Gasteiger charge is 2.06. The second kappa shape index (κ2) is 6.88. The Balaban J connectivity index is 1.76. The van der Waals surface area contributed by atoms with Gasteiger partial charge in [0.25, 0.3) is 0 Å². The minimum Gasteiger partial charge on any atom is -0.355 e. The van der Waals surface area contributed by atoms with E-state index in [1.54, 1.807) is 36.9 Å². The molecule has 1 aromatic carbocycles. The molecule has 0 saturated carbocycles. The van der Waals surface area contributed by atoms with Crippen molar-refractivity contribution in [2.45, 2.75) is 0 Å². The van der Waals surface area contributed by atoms with Crippen LogP contribution in [0.3, 0.4) is 0 Å². The van der Waals surface area contributed by atoms with Crippen molar-refractivity contribution < 1.29 is 0 Å². The van der Waals surface area contributed by atoms with Crippen molar-refractivity contribution in [1.29, 1.82) is 0 Å². The molecule has 0 radical (unpaired) electrons. The first-order chi connectivity index (χ1) is 12.4. The highest BCUT2D eigenvalue weighted by Crippen LogP contribution is 2.25. The summed E-state index contributed by atoms with van der Waals surface area (Å²) in [6.07, 6.45) is 14.7. The van der Waals surface area contributed by atoms with Crippen LogP contribution in [-0.2, 0) is 0 Å². The highest BCUT2D eigenvalue weighted by molar-refractivity contribution is 5.96. The number of rotatable bonds is 4. The van der Waals surface area contributed by atoms with Gasteiger partial charge in [0.1, 0.15) is 0 Å². The van der Waals surface area contributed by atoms with E-state index in [2.05, 4.69) is 37.1 Å². The third-order valence-corrected chi connectivity index (χ3v) is 3.75. The summed E-state index contributed by atoms with van der Waals surface area (Å²) >= 11 is 0. The number of benzene rings is 1. The maximum absolute atomic E-state index is 4.24. The summed E-state index contributed by atoms with van der Waals surface area (Å²) in [7, 11) is 0. The Bertz CT molecular complexity index is 1030. The molecule has 0 bridgehead atoms. The van der Waals surface area contributed by atoms with Crippen LogP contribution in [-0.4, -0.2) is 24.9 Å². The Morgan fingerprint density at radius 3 is 1.92 bits per heavy atom. The number of nitrogens with one attached hydrogen (secondary N) is 1. The molecule has 3 aromatic heterocycles. The van der Waals surface area contributed by atoms with Gasteiger partial charge >= 0.3 is 0 Å². The minimum absolute atomic E-state index is 0.669. The van der Waals surface area contributed by atoms with Crippen LogP contribution in [0.5, 0.6) is 0 Å². The first-order valence-corrected chi connectivity index (χ1v) is 7.91. The van der Waals surface area contributed by atoms with E-state index in [0.29, 0.717) is 11.6 Å². The molecule has 0 unspecified atom stereocenters. The average molecular weight is 325 g/mol. The number of fused-ring (bicyclic) bond motifs is 1. The van der Waals surface area contributed by atoms with Crippen LogP contribution >= 0.6 is 0 Å². The largest absolute Gasteiger partial charge is 0.355 e. The molecule has 4 aromatic rings. The predicted molar refractivity (Wildman–Crippen MR) is 100 cm³/mol. The maximum atomic E-state index is 4.24. The lowest BCUT2D eigenvalue weighted by Gasteiger charge is -1.95. The first-order valence-electron chi connectivity index (χ1n) is 7.91. The monoisotopic (exact) mass is 325 g/mol. The van der Waals surface area contributed by atoms with Crippen LogP contribution in [0.2, 0.25) is 0 Å². The number of nitrogens with zero attached hydrogens (tertiary/aromatic N) is 4. The summed E-state index contributed by atoms with van der Waals surface area (Å²) in [5, 5.41) is 1.14. The summed E-state index contributed by atoms with van der Waals surface area (Å²) in [6, 6.07) is 11.8. The average Bonchev–Trinajstić information content (AvgIpc) is 3.04. The zero-order chi connectivity index (χ0) is 16.9. The van der Waals surface area contributed by atoms with Crippen molar-refractivity contribution in [3.05, 3.63) is 84.1 Å². The van der Waals surface area contributed by atoms with E-state index >= 15 is 0 Å². The van der Waals surface area contributed by atoms with E-state index in [-0.39, 0.29) is 0 Å². The van der Waals surface area contributed by atoms with Gasteiger partial charge in [-0.2, -0.15) is 0 Å². The lowest BCUT2D eigenvalue weighted by Crippen LogP contribution is -1.85. The van der Waals surface area contributed by atoms with Crippen molar-refractivity contribution in [1.82, 2.24) is 24.9 Å². The third kappa shape index (κ3) is 3.35. The van der Waals surface area contributed by atoms with Gasteiger partial charge in [-0.05, 0) is 42.5 Å². The molecule has 120 valence electrons. The summed E-state index contributed by atoms with van der Waals surface area (Å²) in [5.74, 6) is 1.34. The van der Waals surface area contributed by atoms with E-state index in [9.17, 15) is 0 Å². The SMILES string of the molecule is C(=C\c1[nH]c2ccccc2c1/C=C/c1ncccn1)/c1ncccn1. The lowest BCUT2D eigenvalue weighted by molar-refractivity contribution is 1.13. The van der Waals surface area contributed by atoms with Crippen molar-refractivity contribution in [2.24, 2.45) is 0 Å². The summed E-state index contributed by atoms with van der Waals surface area (Å²) in [4.78, 5) is 20.3. The number of hydrogen-bond donors (Lipinski definition) is 1. The van der Waals surface area contributed by atoms with Crippen LogP contribution in [0.25, 0.3) is 35.2 Å². The second-order valence-corrected chi connectivity index (χ2v) is 5.38. The van der Waals surface area contributed by atoms with Gasteiger partial charge in [-0.15, -0.1) is 0 Å². The fourth-order valence-electron chi connectivity index (χ4n) is 2.60. The van der Waals surface area contributed by atoms with Gasteiger partial charge in [-0.3, -0.25) is 0 Å². The van der Waals surface area contributed by atoms with Gasteiger partial charge in [-0.1, -0.05) is 18.2 Å². The molecular formula is C20H15N5. The highest BCUT2D eigenvalue weighted by atomic mass is 14.8. The smallest absolute Gasteiger partial charge is 0.151 e. The zero-order valence-electron chi connectivity index (χ0n) is 13.4. The lowest BCUT2D eigenvalue weighted by atomic mass is 10.1. The Hall–Kier alpha value is -3.60. The van der Waals surface area contributed by atoms with Gasteiger partial charge in [0.05, 0.1) is 0 Å². The van der Waals surface area contributed by atoms with Gasteiger partial charge in [-0.25, -0.2) is 19.9 Å². The van der Waals surface area contributed by atoms with Crippen molar-refractivity contribution in [3.63, 3.8) is 0 Å². The van der Waals surface area contributed by atoms with Gasteiger partial charge in [0, 0.05) is 46.9 Å². The predicted octanol–water partition coefficient (Wildman–Crippen LogP) is 4.09. The molecule has 25 heavy (non-hydrogen) atoms. The third-order valence-electron chi connectivity index (χ3n) is 3.75. The molecule has 5 heteroatoms. The fraction of sp³-hybridized carbons (Fsp3) is 0. The van der Waals surface area contributed by atoms with Gasteiger partial charge in [0.2, 0.25) is 0 Å². The number of para-hydroxylation sites is 1. The zero-order valence-corrected chi connectivity index (χ0v) is 13.4. The van der Waals surface area contributed by atoms with Crippen LogP contribution in [0.15, 0.2) is 61.2 Å². The van der Waals surface area contributed by atoms with Gasteiger partial charge in [0.15, 0.2) is 11.6 Å². The van der Waals surface area contributed by atoms with Crippen LogP contribution in [0.4, 0.5) is 0 Å². The molecule has 5 nitrogen and oxygen atoms in total. The van der Waals surface area contributed by atoms with Crippen molar-refractivity contribution in [3.8, 4) is 0 Å². The van der Waals surface area contributed by atoms with Crippen molar-refractivity contribution in [2.75, 3.05) is 0 Å². The molecule has 0 aliphatic carbocycles. The fourth-order valence-corrected chi connectivity index (χ4v) is 2.60. The Morgan fingerprint density at radius 1 is 0.640 bits per heavy atom. The molecular weight excluding hydrogens is 310 g/mol. The normalized spacial score (nSPS) is 11.7. The first kappa shape index (κ1) is 15.0. The summed E-state index contributed by atoms with van der Waals surface area (Å²) in [5.41, 5.74) is 3.14. The molecule has 0 aliphatic heterocycles. The Labute approximate surface area is 144 Å². The number of hydrogen-bond acceptors (Lipinski definition) is 4. The summed E-state index contributed by atoms with van der Waals surface area (Å²) < 4.78 is 0. The quantitative estimate of drug-likeness (QED) is 0.613. The number of H-pyrrole nitrogens is 1. The molecule has 0 aliphatic rings. The molecule has 0 amide bonds. The van der Waals surface area contributed by atoms with Crippen molar-refractivity contribution >= 4 is 35.2 Å². The molecule has 0 atom stereocenters.